The van der Waals surface area contributed by atoms with Crippen LogP contribution in [-0.4, -0.2) is 16.8 Å². The Morgan fingerprint density at radius 2 is 1.95 bits per heavy atom. The summed E-state index contributed by atoms with van der Waals surface area (Å²) in [6.07, 6.45) is 2.01. The van der Waals surface area contributed by atoms with Crippen LogP contribution in [0.5, 0.6) is 0 Å². The van der Waals surface area contributed by atoms with Crippen molar-refractivity contribution in [2.75, 3.05) is 0 Å². The molecule has 21 heavy (non-hydrogen) atoms. The van der Waals surface area contributed by atoms with Crippen molar-refractivity contribution >= 4 is 5.91 Å². The molecule has 0 heterocycles. The van der Waals surface area contributed by atoms with Crippen molar-refractivity contribution in [3.8, 4) is 0 Å². The average Bonchev–Trinajstić information content (AvgIpc) is 3.30. The highest BCUT2D eigenvalue weighted by Gasteiger charge is 2.33. The van der Waals surface area contributed by atoms with E-state index in [2.05, 4.69) is 0 Å². The van der Waals surface area contributed by atoms with Crippen LogP contribution in [0.25, 0.3) is 0 Å². The molecule has 108 valence electrons. The molecule has 0 spiro atoms. The maximum Gasteiger partial charge on any atom is 0.254 e. The van der Waals surface area contributed by atoms with E-state index in [-0.39, 0.29) is 17.8 Å². The molecule has 2 aromatic rings. The number of carbonyl (C=O) groups excluding carboxylic acids is 1. The SMILES string of the molecule is Cc1cccc(C(=O)N(Cc2ccccc2F)C2CC2)c1. The van der Waals surface area contributed by atoms with Crippen molar-refractivity contribution in [2.24, 2.45) is 0 Å². The quantitative estimate of drug-likeness (QED) is 0.832. The van der Waals surface area contributed by atoms with E-state index >= 15 is 0 Å². The zero-order chi connectivity index (χ0) is 14.8. The summed E-state index contributed by atoms with van der Waals surface area (Å²) < 4.78 is 13.8. The highest BCUT2D eigenvalue weighted by molar-refractivity contribution is 5.94. The molecule has 1 amide bonds. The largest absolute Gasteiger partial charge is 0.331 e. The Balaban J connectivity index is 1.85. The fourth-order valence-electron chi connectivity index (χ4n) is 2.51. The first kappa shape index (κ1) is 13.8. The second kappa shape index (κ2) is 5.68. The predicted molar refractivity (Wildman–Crippen MR) is 80.5 cm³/mol. The van der Waals surface area contributed by atoms with Crippen molar-refractivity contribution in [1.29, 1.82) is 0 Å². The molecule has 3 heteroatoms. The highest BCUT2D eigenvalue weighted by atomic mass is 19.1. The standard InChI is InChI=1S/C18H18FNO/c1-13-5-4-7-14(11-13)18(21)20(16-9-10-16)12-15-6-2-3-8-17(15)19/h2-8,11,16H,9-10,12H2,1H3. The third kappa shape index (κ3) is 3.13. The van der Waals surface area contributed by atoms with Crippen LogP contribution in [0.3, 0.4) is 0 Å². The Hall–Kier alpha value is -2.16. The van der Waals surface area contributed by atoms with Gasteiger partial charge in [-0.1, -0.05) is 35.9 Å². The molecule has 1 aliphatic rings. The van der Waals surface area contributed by atoms with Gasteiger partial charge < -0.3 is 4.90 Å². The molecule has 0 bridgehead atoms. The minimum Gasteiger partial charge on any atom is -0.331 e. The predicted octanol–water partition coefficient (Wildman–Crippen LogP) is 3.94. The van der Waals surface area contributed by atoms with Gasteiger partial charge in [0.1, 0.15) is 5.82 Å². The number of rotatable bonds is 4. The number of aryl methyl sites for hydroxylation is 1. The third-order valence-electron chi connectivity index (χ3n) is 3.81. The summed E-state index contributed by atoms with van der Waals surface area (Å²) in [4.78, 5) is 14.5. The molecule has 2 nitrogen and oxygen atoms in total. The zero-order valence-electron chi connectivity index (χ0n) is 12.1. The Bertz CT molecular complexity index is 664. The van der Waals surface area contributed by atoms with Gasteiger partial charge in [0.15, 0.2) is 0 Å². The van der Waals surface area contributed by atoms with Crippen molar-refractivity contribution in [1.82, 2.24) is 4.90 Å². The summed E-state index contributed by atoms with van der Waals surface area (Å²) >= 11 is 0. The molecule has 0 atom stereocenters. The lowest BCUT2D eigenvalue weighted by molar-refractivity contribution is 0.0728. The first-order valence-corrected chi connectivity index (χ1v) is 7.26. The molecule has 0 aromatic heterocycles. The number of halogens is 1. The number of carbonyl (C=O) groups is 1. The van der Waals surface area contributed by atoms with Crippen LogP contribution < -0.4 is 0 Å². The normalized spacial score (nSPS) is 14.0. The second-order valence-electron chi connectivity index (χ2n) is 5.63. The van der Waals surface area contributed by atoms with Gasteiger partial charge in [0.05, 0.1) is 0 Å². The van der Waals surface area contributed by atoms with E-state index in [0.717, 1.165) is 18.4 Å². The van der Waals surface area contributed by atoms with E-state index in [1.165, 1.54) is 6.07 Å². The molecule has 0 saturated heterocycles. The number of hydrogen-bond donors (Lipinski definition) is 0. The Labute approximate surface area is 124 Å². The van der Waals surface area contributed by atoms with Gasteiger partial charge in [-0.2, -0.15) is 0 Å². The van der Waals surface area contributed by atoms with Crippen LogP contribution in [0.15, 0.2) is 48.5 Å². The van der Waals surface area contributed by atoms with Crippen LogP contribution in [0.4, 0.5) is 4.39 Å². The minimum atomic E-state index is -0.250. The lowest BCUT2D eigenvalue weighted by Crippen LogP contribution is -2.33. The van der Waals surface area contributed by atoms with E-state index in [9.17, 15) is 9.18 Å². The van der Waals surface area contributed by atoms with Gasteiger partial charge in [-0.15, -0.1) is 0 Å². The van der Waals surface area contributed by atoms with Crippen molar-refractivity contribution in [2.45, 2.75) is 32.4 Å². The minimum absolute atomic E-state index is 0.00977. The summed E-state index contributed by atoms with van der Waals surface area (Å²) in [7, 11) is 0. The van der Waals surface area contributed by atoms with Crippen LogP contribution in [0.1, 0.15) is 34.3 Å². The summed E-state index contributed by atoms with van der Waals surface area (Å²) in [6, 6.07) is 14.5. The van der Waals surface area contributed by atoms with Gasteiger partial charge in [-0.3, -0.25) is 4.79 Å². The first-order chi connectivity index (χ1) is 10.1. The van der Waals surface area contributed by atoms with Gasteiger partial charge >= 0.3 is 0 Å². The van der Waals surface area contributed by atoms with E-state index < -0.39 is 0 Å². The summed E-state index contributed by atoms with van der Waals surface area (Å²) in [6.45, 7) is 2.30. The van der Waals surface area contributed by atoms with Gasteiger partial charge in [-0.25, -0.2) is 4.39 Å². The Kier molecular flexibility index (Phi) is 3.74. The lowest BCUT2D eigenvalue weighted by Gasteiger charge is -2.23. The second-order valence-corrected chi connectivity index (χ2v) is 5.63. The molecular weight excluding hydrogens is 265 g/mol. The van der Waals surface area contributed by atoms with Crippen molar-refractivity contribution in [3.63, 3.8) is 0 Å². The van der Waals surface area contributed by atoms with E-state index in [4.69, 9.17) is 0 Å². The fraction of sp³-hybridized carbons (Fsp3) is 0.278. The van der Waals surface area contributed by atoms with Crippen molar-refractivity contribution < 1.29 is 9.18 Å². The van der Waals surface area contributed by atoms with Crippen LogP contribution in [0, 0.1) is 12.7 Å². The van der Waals surface area contributed by atoms with Gasteiger partial charge in [0.25, 0.3) is 5.91 Å². The topological polar surface area (TPSA) is 20.3 Å². The number of amides is 1. The number of hydrogen-bond acceptors (Lipinski definition) is 1. The molecular formula is C18H18FNO. The molecule has 0 aliphatic heterocycles. The molecule has 1 fully saturated rings. The molecule has 0 N–H and O–H groups in total. The summed E-state index contributed by atoms with van der Waals surface area (Å²) in [5.41, 5.74) is 2.31. The molecule has 0 radical (unpaired) electrons. The Morgan fingerprint density at radius 1 is 1.19 bits per heavy atom. The average molecular weight is 283 g/mol. The van der Waals surface area contributed by atoms with Crippen LogP contribution in [0.2, 0.25) is 0 Å². The number of benzene rings is 2. The molecule has 1 aliphatic carbocycles. The molecule has 2 aromatic carbocycles. The van der Waals surface area contributed by atoms with Gasteiger partial charge in [-0.05, 0) is 38.0 Å². The number of nitrogens with zero attached hydrogens (tertiary/aromatic N) is 1. The van der Waals surface area contributed by atoms with Crippen molar-refractivity contribution in [3.05, 3.63) is 71.0 Å². The third-order valence-corrected chi connectivity index (χ3v) is 3.81. The van der Waals surface area contributed by atoms with E-state index in [1.807, 2.05) is 31.2 Å². The maximum absolute atomic E-state index is 13.8. The molecule has 0 unspecified atom stereocenters. The van der Waals surface area contributed by atoms with Crippen LogP contribution >= 0.6 is 0 Å². The molecule has 3 rings (SSSR count). The van der Waals surface area contributed by atoms with E-state index in [0.29, 0.717) is 17.7 Å². The molecule has 1 saturated carbocycles. The van der Waals surface area contributed by atoms with Gasteiger partial charge in [0.2, 0.25) is 0 Å². The zero-order valence-corrected chi connectivity index (χ0v) is 12.1. The van der Waals surface area contributed by atoms with E-state index in [1.54, 1.807) is 23.1 Å². The smallest absolute Gasteiger partial charge is 0.254 e. The van der Waals surface area contributed by atoms with Crippen LogP contribution in [-0.2, 0) is 6.54 Å². The monoisotopic (exact) mass is 283 g/mol. The summed E-state index contributed by atoms with van der Waals surface area (Å²) in [5, 5.41) is 0. The Morgan fingerprint density at radius 3 is 2.62 bits per heavy atom. The highest BCUT2D eigenvalue weighted by Crippen LogP contribution is 2.30. The first-order valence-electron chi connectivity index (χ1n) is 7.26. The van der Waals surface area contributed by atoms with Gasteiger partial charge in [0, 0.05) is 23.7 Å². The fourth-order valence-corrected chi connectivity index (χ4v) is 2.51. The summed E-state index contributed by atoms with van der Waals surface area (Å²) in [5.74, 6) is -0.260. The lowest BCUT2D eigenvalue weighted by atomic mass is 10.1. The maximum atomic E-state index is 13.8.